The number of carbonyl (C=O) groups excluding carboxylic acids is 2. The Morgan fingerprint density at radius 2 is 1.64 bits per heavy atom. The summed E-state index contributed by atoms with van der Waals surface area (Å²) in [6, 6.07) is 5.56. The van der Waals surface area contributed by atoms with Crippen LogP contribution >= 0.6 is 0 Å². The minimum Gasteiger partial charge on any atom is -0.459 e. The van der Waals surface area contributed by atoms with Crippen molar-refractivity contribution in [3.05, 3.63) is 42.3 Å². The highest BCUT2D eigenvalue weighted by Crippen LogP contribution is 2.46. The number of ether oxygens (including phenoxy) is 7. The summed E-state index contributed by atoms with van der Waals surface area (Å²) in [6.45, 7) is 17.2. The van der Waals surface area contributed by atoms with Gasteiger partial charge in [-0.15, -0.1) is 0 Å². The van der Waals surface area contributed by atoms with Gasteiger partial charge < -0.3 is 73.2 Å². The van der Waals surface area contributed by atoms with E-state index in [-0.39, 0.29) is 44.6 Å². The number of benzene rings is 1. The molecule has 5 rings (SSSR count). The van der Waals surface area contributed by atoms with Gasteiger partial charge in [-0.25, -0.2) is 4.39 Å². The second-order valence-electron chi connectivity index (χ2n) is 21.8. The number of cyclic esters (lactones) is 1. The molecule has 20 heteroatoms. The number of aliphatic hydroxyl groups is 4. The first-order chi connectivity index (χ1) is 34.9. The summed E-state index contributed by atoms with van der Waals surface area (Å²) in [7, 11) is 6.50. The van der Waals surface area contributed by atoms with Gasteiger partial charge in [0, 0.05) is 76.5 Å². The number of hydrogen-bond acceptors (Lipinski definition) is 18. The molecule has 1 amide bonds. The number of nitrogens with zero attached hydrogens (tertiary/aromatic N) is 3. The molecule has 4 heterocycles. The van der Waals surface area contributed by atoms with Crippen LogP contribution < -0.4 is 5.32 Å². The van der Waals surface area contributed by atoms with E-state index in [2.05, 4.69) is 20.5 Å². The molecular weight excluding hydrogens is 964 g/mol. The molecule has 0 spiro atoms. The zero-order valence-electron chi connectivity index (χ0n) is 46.1. The van der Waals surface area contributed by atoms with Crippen LogP contribution in [0.2, 0.25) is 0 Å². The first kappa shape index (κ1) is 61.2. The van der Waals surface area contributed by atoms with E-state index in [9.17, 15) is 34.4 Å². The van der Waals surface area contributed by atoms with Gasteiger partial charge in [-0.1, -0.05) is 69.2 Å². The molecule has 3 fully saturated rings. The van der Waals surface area contributed by atoms with E-state index in [0.717, 1.165) is 11.1 Å². The molecule has 19 atom stereocenters. The summed E-state index contributed by atoms with van der Waals surface area (Å²) in [6.07, 6.45) is -3.56. The number of esters is 1. The van der Waals surface area contributed by atoms with Crippen molar-refractivity contribution in [2.75, 3.05) is 48.4 Å². The minimum atomic E-state index is -1.93. The summed E-state index contributed by atoms with van der Waals surface area (Å²) in [4.78, 5) is 35.8. The average molecular weight is 1050 g/mol. The number of halogens is 1. The molecule has 3 saturated heterocycles. The van der Waals surface area contributed by atoms with E-state index >= 15 is 0 Å². The molecule has 1 aromatic carbocycles. The number of oxime groups is 1. The molecule has 0 aliphatic carbocycles. The largest absolute Gasteiger partial charge is 0.459 e. The molecule has 1 unspecified atom stereocenters. The summed E-state index contributed by atoms with van der Waals surface area (Å²) in [5.74, 6) is -4.50. The number of nitrogens with one attached hydrogen (secondary N) is 1. The molecule has 19 nitrogen and oxygen atoms in total. The third-order valence-electron chi connectivity index (χ3n) is 16.4. The van der Waals surface area contributed by atoms with Gasteiger partial charge >= 0.3 is 5.97 Å². The number of aromatic nitrogens is 1. The Hall–Kier alpha value is -3.67. The first-order valence-electron chi connectivity index (χ1n) is 26.2. The minimum absolute atomic E-state index is 0.0205. The van der Waals surface area contributed by atoms with Crippen LogP contribution in [0, 0.1) is 29.6 Å². The van der Waals surface area contributed by atoms with Crippen LogP contribution in [0.4, 0.5) is 4.39 Å². The monoisotopic (exact) mass is 1050 g/mol. The van der Waals surface area contributed by atoms with E-state index in [4.69, 9.17) is 42.5 Å². The summed E-state index contributed by atoms with van der Waals surface area (Å²) in [5.41, 5.74) is -1.76. The third kappa shape index (κ3) is 14.3. The molecule has 5 N–H and O–H groups in total. The number of carbonyl (C=O) groups is 2. The van der Waals surface area contributed by atoms with E-state index in [1.54, 1.807) is 65.3 Å². The molecule has 0 radical (unpaired) electrons. The molecular formula is C54H87FN4O15. The van der Waals surface area contributed by atoms with Gasteiger partial charge in [0.1, 0.15) is 36.9 Å². The lowest BCUT2D eigenvalue weighted by Gasteiger charge is -2.52. The van der Waals surface area contributed by atoms with Crippen molar-refractivity contribution in [3.63, 3.8) is 0 Å². The first-order valence-corrected chi connectivity index (χ1v) is 26.2. The van der Waals surface area contributed by atoms with E-state index in [1.165, 1.54) is 27.4 Å². The molecule has 420 valence electrons. The maximum atomic E-state index is 14.7. The fourth-order valence-electron chi connectivity index (χ4n) is 11.7. The van der Waals surface area contributed by atoms with Crippen molar-refractivity contribution < 1.29 is 76.9 Å². The van der Waals surface area contributed by atoms with Crippen LogP contribution in [-0.4, -0.2) is 174 Å². The number of amides is 1. The second kappa shape index (κ2) is 26.6. The Morgan fingerprint density at radius 3 is 2.23 bits per heavy atom. The van der Waals surface area contributed by atoms with E-state index in [1.807, 2.05) is 41.7 Å². The molecule has 2 aromatic rings. The number of rotatable bonds is 18. The quantitative estimate of drug-likeness (QED) is 0.0516. The molecule has 3 aliphatic rings. The second-order valence-corrected chi connectivity index (χ2v) is 21.8. The number of aliphatic hydroxyl groups excluding tert-OH is 3. The van der Waals surface area contributed by atoms with Crippen LogP contribution in [0.25, 0.3) is 11.1 Å². The predicted octanol–water partition coefficient (Wildman–Crippen LogP) is 5.75. The Balaban J connectivity index is 1.46. The Kier molecular flexibility index (Phi) is 22.0. The van der Waals surface area contributed by atoms with Gasteiger partial charge in [0.15, 0.2) is 6.29 Å². The summed E-state index contributed by atoms with van der Waals surface area (Å²) >= 11 is 0. The Labute approximate surface area is 437 Å². The van der Waals surface area contributed by atoms with Crippen molar-refractivity contribution in [1.29, 1.82) is 0 Å². The number of methoxy groups -OCH3 is 3. The predicted molar refractivity (Wildman–Crippen MR) is 272 cm³/mol. The van der Waals surface area contributed by atoms with E-state index in [0.29, 0.717) is 30.7 Å². The maximum absolute atomic E-state index is 14.7. The van der Waals surface area contributed by atoms with Crippen LogP contribution in [0.15, 0.2) is 46.4 Å². The van der Waals surface area contributed by atoms with Gasteiger partial charge in [-0.3, -0.25) is 9.59 Å². The highest BCUT2D eigenvalue weighted by Gasteiger charge is 2.55. The average Bonchev–Trinajstić information content (AvgIpc) is 3.93. The van der Waals surface area contributed by atoms with Crippen LogP contribution in [-0.2, 0) is 47.6 Å². The van der Waals surface area contributed by atoms with Crippen molar-refractivity contribution >= 4 is 17.6 Å². The van der Waals surface area contributed by atoms with Crippen LogP contribution in [0.5, 0.6) is 0 Å². The van der Waals surface area contributed by atoms with Crippen molar-refractivity contribution in [3.8, 4) is 11.1 Å². The molecule has 0 saturated carbocycles. The van der Waals surface area contributed by atoms with Gasteiger partial charge in [0.25, 0.3) is 0 Å². The highest BCUT2D eigenvalue weighted by atomic mass is 19.1. The zero-order chi connectivity index (χ0) is 54.9. The standard InChI is InChI=1S/C54H87FN4O15/c1-15-42-54(10,65)48(62)34(6)46(58-70-29-66-12)30(2)24-53(9,68-14)50(32(4)45(33(5)51(64)73-42)41-25-52(8,67-13)49(63)35(7)72-41)74-44-23-39(22-31(3)71-44)59(11)21-20-43(60)57-40(26-55)47(61)37-18-16-36(17-19-37)38-27-56-69-28-38/h16-19,27-28,30-35,39-42,44-45,47-50,61-63,65H,15,20-26,29H2,1-14H3,(H,57,60)/b58-46-/t30-,31-,32+,33-,34+,35+,39+,40-,41-,42-,44+,45?,47-,48-,49+,50-,52-,53-,54-/m1/s1. The summed E-state index contributed by atoms with van der Waals surface area (Å²) < 4.78 is 63.8. The van der Waals surface area contributed by atoms with Crippen LogP contribution in [0.3, 0.4) is 0 Å². The van der Waals surface area contributed by atoms with Gasteiger partial charge in [0.05, 0.1) is 65.6 Å². The highest BCUT2D eigenvalue weighted by molar-refractivity contribution is 5.89. The van der Waals surface area contributed by atoms with Crippen LogP contribution in [0.1, 0.15) is 119 Å². The van der Waals surface area contributed by atoms with Gasteiger partial charge in [0.2, 0.25) is 12.7 Å². The Morgan fingerprint density at radius 1 is 0.959 bits per heavy atom. The molecule has 0 bridgehead atoms. The lowest BCUT2D eigenvalue weighted by molar-refractivity contribution is -0.278. The summed E-state index contributed by atoms with van der Waals surface area (Å²) in [5, 5.41) is 57.5. The smallest absolute Gasteiger partial charge is 0.309 e. The normalized spacial score (nSPS) is 38.2. The van der Waals surface area contributed by atoms with Crippen molar-refractivity contribution in [2.24, 2.45) is 34.7 Å². The fourth-order valence-corrected chi connectivity index (χ4v) is 11.7. The molecule has 3 aliphatic heterocycles. The van der Waals surface area contributed by atoms with Gasteiger partial charge in [-0.2, -0.15) is 0 Å². The lowest BCUT2D eigenvalue weighted by atomic mass is 9.67. The maximum Gasteiger partial charge on any atom is 0.309 e. The lowest BCUT2D eigenvalue weighted by Crippen LogP contribution is -2.61. The van der Waals surface area contributed by atoms with Gasteiger partial charge in [-0.05, 0) is 78.0 Å². The Bertz CT molecular complexity index is 2090. The van der Waals surface area contributed by atoms with Crippen molar-refractivity contribution in [2.45, 2.75) is 192 Å². The van der Waals surface area contributed by atoms with Crippen molar-refractivity contribution in [1.82, 2.24) is 15.4 Å². The number of alkyl halides is 1. The zero-order valence-corrected chi connectivity index (χ0v) is 46.1. The number of hydrogen-bond donors (Lipinski definition) is 5. The topological polar surface area (TPSA) is 243 Å². The fraction of sp³-hybridized carbons (Fsp3) is 0.778. The van der Waals surface area contributed by atoms with E-state index < -0.39 is 120 Å². The SMILES string of the molecule is CC[C@H]1OC(=O)[C@H](C)C([C@H]2C[C@@](C)(OC)[C@@H](O)[C@H](C)O2)[C@H](C)[C@@H](O[C@H]2C[C@@H](N(C)CCC(=O)N[C@H](CF)[C@H](O)c3ccc(-c4cnoc4)cc3)C[C@@H](C)O2)[C@](C)(OC)C[C@@H](C)/C(=N/OCOC)[C@H](C)[C@@H](O)[C@]1(C)O. The third-order valence-corrected chi connectivity index (χ3v) is 16.4. The molecule has 74 heavy (non-hydrogen) atoms. The molecule has 1 aromatic heterocycles.